The minimum atomic E-state index is -4.32. The molecule has 0 atom stereocenters. The monoisotopic (exact) mass is 574 g/mol. The Bertz CT molecular complexity index is 994. The molecule has 0 bridgehead atoms. The summed E-state index contributed by atoms with van der Waals surface area (Å²) in [5, 5.41) is 10.6. The van der Waals surface area contributed by atoms with E-state index < -0.39 is 12.8 Å². The summed E-state index contributed by atoms with van der Waals surface area (Å²) in [5.74, 6) is 1.38. The first-order valence-electron chi connectivity index (χ1n) is 10.1. The van der Waals surface area contributed by atoms with Crippen LogP contribution < -0.4 is 10.6 Å². The number of rotatable bonds is 9. The van der Waals surface area contributed by atoms with Crippen LogP contribution in [-0.2, 0) is 24.4 Å². The van der Waals surface area contributed by atoms with Crippen molar-refractivity contribution in [3.8, 4) is 5.82 Å². The smallest absolute Gasteiger partial charge is 0.367 e. The maximum atomic E-state index is 12.2. The van der Waals surface area contributed by atoms with Gasteiger partial charge in [0.05, 0.1) is 13.2 Å². The van der Waals surface area contributed by atoms with Crippen molar-refractivity contribution in [3.05, 3.63) is 77.7 Å². The zero-order chi connectivity index (χ0) is 22.8. The predicted molar refractivity (Wildman–Crippen MR) is 131 cm³/mol. The zero-order valence-corrected chi connectivity index (χ0v) is 20.4. The molecule has 0 aliphatic rings. The van der Waals surface area contributed by atoms with Crippen molar-refractivity contribution in [2.45, 2.75) is 32.8 Å². The Morgan fingerprint density at radius 3 is 2.48 bits per heavy atom. The highest BCUT2D eigenvalue weighted by atomic mass is 127. The standard InChI is InChI=1S/C22H25F3N6O.HI/c1-2-26-21(29-14-19-8-10-27-20(12-19)31-11-3-9-30-31)28-13-17-4-6-18(7-5-17)15-32-16-22(23,24)25;/h3-12H,2,13-16H2,1H3,(H2,26,28,29);1H. The Labute approximate surface area is 207 Å². The third kappa shape index (κ3) is 9.38. The zero-order valence-electron chi connectivity index (χ0n) is 18.0. The van der Waals surface area contributed by atoms with Crippen LogP contribution in [0.5, 0.6) is 0 Å². The summed E-state index contributed by atoms with van der Waals surface area (Å²) in [6, 6.07) is 12.9. The maximum absolute atomic E-state index is 12.2. The number of hydrogen-bond donors (Lipinski definition) is 2. The van der Waals surface area contributed by atoms with Gasteiger partial charge < -0.3 is 15.4 Å². The molecule has 0 amide bonds. The van der Waals surface area contributed by atoms with Crippen LogP contribution in [0, 0.1) is 0 Å². The lowest BCUT2D eigenvalue weighted by Crippen LogP contribution is -2.36. The van der Waals surface area contributed by atoms with Crippen molar-refractivity contribution >= 4 is 29.9 Å². The van der Waals surface area contributed by atoms with Gasteiger partial charge in [-0.3, -0.25) is 0 Å². The van der Waals surface area contributed by atoms with E-state index in [1.807, 2.05) is 43.5 Å². The van der Waals surface area contributed by atoms with Gasteiger partial charge in [0.1, 0.15) is 6.61 Å². The Kier molecular flexibility index (Phi) is 10.6. The van der Waals surface area contributed by atoms with Gasteiger partial charge in [-0.1, -0.05) is 24.3 Å². The number of nitrogens with one attached hydrogen (secondary N) is 2. The van der Waals surface area contributed by atoms with Crippen LogP contribution in [-0.4, -0.2) is 40.1 Å². The molecule has 0 aliphatic carbocycles. The van der Waals surface area contributed by atoms with Crippen LogP contribution in [0.4, 0.5) is 13.2 Å². The first kappa shape index (κ1) is 26.6. The van der Waals surface area contributed by atoms with Crippen molar-refractivity contribution in [1.82, 2.24) is 25.4 Å². The van der Waals surface area contributed by atoms with Crippen molar-refractivity contribution < 1.29 is 17.9 Å². The molecule has 0 radical (unpaired) electrons. The van der Waals surface area contributed by atoms with Crippen LogP contribution >= 0.6 is 24.0 Å². The second kappa shape index (κ2) is 13.1. The van der Waals surface area contributed by atoms with Crippen molar-refractivity contribution in [1.29, 1.82) is 0 Å². The molecular formula is C22H26F3IN6O. The number of hydrogen-bond acceptors (Lipinski definition) is 4. The summed E-state index contributed by atoms with van der Waals surface area (Å²) in [7, 11) is 0. The minimum Gasteiger partial charge on any atom is -0.367 e. The van der Waals surface area contributed by atoms with E-state index in [-0.39, 0.29) is 30.6 Å². The van der Waals surface area contributed by atoms with E-state index in [9.17, 15) is 13.2 Å². The molecule has 0 aliphatic heterocycles. The van der Waals surface area contributed by atoms with Crippen LogP contribution in [0.15, 0.2) is 66.0 Å². The predicted octanol–water partition coefficient (Wildman–Crippen LogP) is 4.22. The lowest BCUT2D eigenvalue weighted by atomic mass is 10.1. The largest absolute Gasteiger partial charge is 0.411 e. The number of aromatic nitrogens is 3. The lowest BCUT2D eigenvalue weighted by molar-refractivity contribution is -0.176. The number of guanidine groups is 1. The number of aliphatic imine (C=N–C) groups is 1. The van der Waals surface area contributed by atoms with E-state index >= 15 is 0 Å². The molecule has 2 N–H and O–H groups in total. The number of benzene rings is 1. The molecule has 0 unspecified atom stereocenters. The number of nitrogens with zero attached hydrogens (tertiary/aromatic N) is 4. The fraction of sp³-hybridized carbons (Fsp3) is 0.318. The highest BCUT2D eigenvalue weighted by Crippen LogP contribution is 2.16. The van der Waals surface area contributed by atoms with Gasteiger partial charge in [-0.15, -0.1) is 24.0 Å². The lowest BCUT2D eigenvalue weighted by Gasteiger charge is -2.12. The molecule has 0 fully saturated rings. The van der Waals surface area contributed by atoms with E-state index in [1.54, 1.807) is 29.2 Å². The molecule has 0 spiro atoms. The van der Waals surface area contributed by atoms with Gasteiger partial charge in [-0.05, 0) is 41.8 Å². The van der Waals surface area contributed by atoms with Crippen molar-refractivity contribution in [2.75, 3.05) is 13.2 Å². The second-order valence-corrected chi connectivity index (χ2v) is 6.95. The Morgan fingerprint density at radius 2 is 1.82 bits per heavy atom. The Balaban J connectivity index is 0.00000385. The minimum absolute atomic E-state index is 0. The molecular weight excluding hydrogens is 548 g/mol. The Morgan fingerprint density at radius 1 is 1.06 bits per heavy atom. The van der Waals surface area contributed by atoms with Gasteiger partial charge in [0.25, 0.3) is 0 Å². The fourth-order valence-electron chi connectivity index (χ4n) is 2.82. The molecule has 2 aromatic heterocycles. The van der Waals surface area contributed by atoms with Crippen LogP contribution in [0.25, 0.3) is 5.82 Å². The van der Waals surface area contributed by atoms with Gasteiger partial charge >= 0.3 is 6.18 Å². The molecule has 0 saturated heterocycles. The average molecular weight is 574 g/mol. The number of pyridine rings is 1. The molecule has 2 heterocycles. The second-order valence-electron chi connectivity index (χ2n) is 6.95. The van der Waals surface area contributed by atoms with E-state index in [1.165, 1.54) is 0 Å². The summed E-state index contributed by atoms with van der Waals surface area (Å²) in [6.07, 6.45) is 0.932. The van der Waals surface area contributed by atoms with Gasteiger partial charge in [0.2, 0.25) is 0 Å². The van der Waals surface area contributed by atoms with Crippen LogP contribution in [0.2, 0.25) is 0 Å². The number of ether oxygens (including phenoxy) is 1. The summed E-state index contributed by atoms with van der Waals surface area (Å²) < 4.78 is 42.8. The number of alkyl halides is 3. The highest BCUT2D eigenvalue weighted by Gasteiger charge is 2.27. The van der Waals surface area contributed by atoms with Gasteiger partial charge in [0.15, 0.2) is 11.8 Å². The van der Waals surface area contributed by atoms with Gasteiger partial charge in [-0.25, -0.2) is 14.7 Å². The SMILES string of the molecule is CCNC(=NCc1ccnc(-n2cccn2)c1)NCc1ccc(COCC(F)(F)F)cc1.I. The fourth-order valence-corrected chi connectivity index (χ4v) is 2.82. The first-order valence-corrected chi connectivity index (χ1v) is 10.1. The molecule has 0 saturated carbocycles. The first-order chi connectivity index (χ1) is 15.4. The van der Waals surface area contributed by atoms with Crippen LogP contribution in [0.1, 0.15) is 23.6 Å². The summed E-state index contributed by atoms with van der Waals surface area (Å²) in [5.41, 5.74) is 2.65. The molecule has 11 heteroatoms. The average Bonchev–Trinajstić information content (AvgIpc) is 3.31. The summed E-state index contributed by atoms with van der Waals surface area (Å²) >= 11 is 0. The summed E-state index contributed by atoms with van der Waals surface area (Å²) in [6.45, 7) is 2.33. The topological polar surface area (TPSA) is 76.4 Å². The van der Waals surface area contributed by atoms with E-state index in [4.69, 9.17) is 0 Å². The third-order valence-electron chi connectivity index (χ3n) is 4.33. The molecule has 1 aromatic carbocycles. The van der Waals surface area contributed by atoms with Crippen molar-refractivity contribution in [2.24, 2.45) is 4.99 Å². The summed E-state index contributed by atoms with van der Waals surface area (Å²) in [4.78, 5) is 8.93. The molecule has 3 aromatic rings. The molecule has 178 valence electrons. The third-order valence-corrected chi connectivity index (χ3v) is 4.33. The highest BCUT2D eigenvalue weighted by molar-refractivity contribution is 14.0. The van der Waals surface area contributed by atoms with Gasteiger partial charge in [-0.2, -0.15) is 18.3 Å². The molecule has 7 nitrogen and oxygen atoms in total. The van der Waals surface area contributed by atoms with Crippen LogP contribution in [0.3, 0.4) is 0 Å². The number of halogens is 4. The molecule has 3 rings (SSSR count). The van der Waals surface area contributed by atoms with E-state index in [0.717, 1.165) is 16.9 Å². The normalized spacial score (nSPS) is 11.7. The van der Waals surface area contributed by atoms with Crippen molar-refractivity contribution in [3.63, 3.8) is 0 Å². The maximum Gasteiger partial charge on any atom is 0.411 e. The Hall–Kier alpha value is -2.67. The van der Waals surface area contributed by atoms with Gasteiger partial charge in [0, 0.05) is 31.7 Å². The quantitative estimate of drug-likeness (QED) is 0.228. The molecule has 33 heavy (non-hydrogen) atoms. The van der Waals surface area contributed by atoms with E-state index in [2.05, 4.69) is 30.4 Å². The van der Waals surface area contributed by atoms with E-state index in [0.29, 0.717) is 31.2 Å².